The molecule has 17 heavy (non-hydrogen) atoms. The van der Waals surface area contributed by atoms with Crippen molar-refractivity contribution < 1.29 is 9.59 Å². The molecule has 2 aromatic rings. The number of hydrogen-bond donors (Lipinski definition) is 1. The number of ketones is 1. The van der Waals surface area contributed by atoms with Gasteiger partial charge in [-0.3, -0.25) is 9.59 Å². The Balaban J connectivity index is 2.30. The van der Waals surface area contributed by atoms with E-state index in [0.717, 1.165) is 16.6 Å². The van der Waals surface area contributed by atoms with Crippen LogP contribution >= 0.6 is 0 Å². The Morgan fingerprint density at radius 2 is 2.00 bits per heavy atom. The van der Waals surface area contributed by atoms with E-state index >= 15 is 0 Å². The molecule has 0 unspecified atom stereocenters. The maximum absolute atomic E-state index is 11.5. The summed E-state index contributed by atoms with van der Waals surface area (Å²) >= 11 is 0. The quantitative estimate of drug-likeness (QED) is 0.821. The van der Waals surface area contributed by atoms with Gasteiger partial charge < -0.3 is 9.88 Å². The van der Waals surface area contributed by atoms with E-state index in [4.69, 9.17) is 0 Å². The summed E-state index contributed by atoms with van der Waals surface area (Å²) in [5, 5.41) is 3.74. The number of hydrogen-bond acceptors (Lipinski definition) is 2. The molecule has 1 amide bonds. The lowest BCUT2D eigenvalue weighted by atomic mass is 10.2. The zero-order valence-electron chi connectivity index (χ0n) is 9.86. The minimum absolute atomic E-state index is 0.0801. The van der Waals surface area contributed by atoms with Crippen molar-refractivity contribution in [3.8, 4) is 0 Å². The van der Waals surface area contributed by atoms with Crippen molar-refractivity contribution in [1.82, 2.24) is 4.57 Å². The fraction of sp³-hybridized carbons (Fsp3) is 0.231. The molecule has 2 rings (SSSR count). The summed E-state index contributed by atoms with van der Waals surface area (Å²) in [5.41, 5.74) is 1.79. The van der Waals surface area contributed by atoms with Crippen molar-refractivity contribution in [2.75, 3.05) is 5.32 Å². The number of amides is 1. The molecule has 0 aliphatic rings. The zero-order valence-corrected chi connectivity index (χ0v) is 9.86. The summed E-state index contributed by atoms with van der Waals surface area (Å²) in [7, 11) is 1.92. The van der Waals surface area contributed by atoms with Gasteiger partial charge in [0, 0.05) is 24.1 Å². The van der Waals surface area contributed by atoms with E-state index in [1.807, 2.05) is 42.1 Å². The van der Waals surface area contributed by atoms with Crippen LogP contribution in [0.1, 0.15) is 13.3 Å². The van der Waals surface area contributed by atoms with Crippen molar-refractivity contribution in [2.24, 2.45) is 7.05 Å². The second kappa shape index (κ2) is 4.41. The number of benzene rings is 1. The van der Waals surface area contributed by atoms with E-state index in [9.17, 15) is 9.59 Å². The van der Waals surface area contributed by atoms with Gasteiger partial charge in [0.2, 0.25) is 5.91 Å². The largest absolute Gasteiger partial charge is 0.348 e. The summed E-state index contributed by atoms with van der Waals surface area (Å²) < 4.78 is 1.94. The minimum atomic E-state index is -0.270. The lowest BCUT2D eigenvalue weighted by Gasteiger charge is -2.01. The number of aryl methyl sites for hydroxylation is 1. The van der Waals surface area contributed by atoms with Crippen LogP contribution in [0.25, 0.3) is 10.9 Å². The molecule has 0 aliphatic heterocycles. The molecule has 0 atom stereocenters. The molecule has 0 saturated carbocycles. The summed E-state index contributed by atoms with van der Waals surface area (Å²) in [5.74, 6) is -0.406. The third-order valence-corrected chi connectivity index (χ3v) is 2.58. The first-order valence-corrected chi connectivity index (χ1v) is 5.41. The fourth-order valence-electron chi connectivity index (χ4n) is 1.86. The van der Waals surface area contributed by atoms with Crippen LogP contribution in [0, 0.1) is 0 Å². The van der Waals surface area contributed by atoms with Crippen molar-refractivity contribution in [3.05, 3.63) is 30.5 Å². The van der Waals surface area contributed by atoms with Crippen LogP contribution in [0.2, 0.25) is 0 Å². The lowest BCUT2D eigenvalue weighted by molar-refractivity contribution is -0.124. The highest BCUT2D eigenvalue weighted by Gasteiger charge is 2.10. The molecule has 1 N–H and O–H groups in total. The van der Waals surface area contributed by atoms with Gasteiger partial charge in [-0.25, -0.2) is 0 Å². The smallest absolute Gasteiger partial charge is 0.231 e. The van der Waals surface area contributed by atoms with Crippen LogP contribution in [-0.4, -0.2) is 16.3 Å². The van der Waals surface area contributed by atoms with Crippen LogP contribution in [0.5, 0.6) is 0 Å². The Morgan fingerprint density at radius 1 is 1.29 bits per heavy atom. The molecule has 4 heteroatoms. The molecule has 1 aromatic heterocycles. The summed E-state index contributed by atoms with van der Waals surface area (Å²) in [6.45, 7) is 1.41. The molecule has 1 heterocycles. The average molecular weight is 230 g/mol. The van der Waals surface area contributed by atoms with Crippen LogP contribution in [0.3, 0.4) is 0 Å². The number of nitrogens with one attached hydrogen (secondary N) is 1. The highest BCUT2D eigenvalue weighted by Crippen LogP contribution is 2.24. The summed E-state index contributed by atoms with van der Waals surface area (Å²) in [6, 6.07) is 7.79. The van der Waals surface area contributed by atoms with E-state index in [1.165, 1.54) is 6.92 Å². The first-order valence-electron chi connectivity index (χ1n) is 5.41. The molecule has 0 bridgehead atoms. The standard InChI is InChI=1S/C13H14N2O2/c1-9(16)7-13(17)14-11-8-15(2)12-6-4-3-5-10(11)12/h3-6,8H,7H2,1-2H3,(H,14,17). The third kappa shape index (κ3) is 2.36. The van der Waals surface area contributed by atoms with Gasteiger partial charge in [0.1, 0.15) is 5.78 Å². The summed E-state index contributed by atoms with van der Waals surface area (Å²) in [6.07, 6.45) is 1.77. The van der Waals surface area contributed by atoms with Gasteiger partial charge in [0.15, 0.2) is 0 Å². The molecule has 0 spiro atoms. The van der Waals surface area contributed by atoms with Gasteiger partial charge in [-0.1, -0.05) is 18.2 Å². The van der Waals surface area contributed by atoms with Crippen LogP contribution in [0.4, 0.5) is 5.69 Å². The van der Waals surface area contributed by atoms with Gasteiger partial charge in [0.05, 0.1) is 12.1 Å². The number of nitrogens with zero attached hydrogens (tertiary/aromatic N) is 1. The minimum Gasteiger partial charge on any atom is -0.348 e. The Morgan fingerprint density at radius 3 is 2.71 bits per heavy atom. The molecular formula is C13H14N2O2. The Kier molecular flexibility index (Phi) is 2.95. The maximum Gasteiger partial charge on any atom is 0.231 e. The molecule has 88 valence electrons. The van der Waals surface area contributed by atoms with E-state index in [2.05, 4.69) is 5.32 Å². The van der Waals surface area contributed by atoms with Crippen molar-refractivity contribution >= 4 is 28.3 Å². The second-order valence-corrected chi connectivity index (χ2v) is 4.10. The van der Waals surface area contributed by atoms with E-state index in [1.54, 1.807) is 0 Å². The first kappa shape index (κ1) is 11.4. The number of para-hydroxylation sites is 1. The average Bonchev–Trinajstić information content (AvgIpc) is 2.55. The van der Waals surface area contributed by atoms with Gasteiger partial charge in [-0.05, 0) is 13.0 Å². The number of rotatable bonds is 3. The number of fused-ring (bicyclic) bond motifs is 1. The Hall–Kier alpha value is -2.10. The van der Waals surface area contributed by atoms with Gasteiger partial charge >= 0.3 is 0 Å². The fourth-order valence-corrected chi connectivity index (χ4v) is 1.86. The van der Waals surface area contributed by atoms with Crippen LogP contribution in [-0.2, 0) is 16.6 Å². The first-order chi connectivity index (χ1) is 8.08. The molecule has 0 radical (unpaired) electrons. The number of aromatic nitrogens is 1. The van der Waals surface area contributed by atoms with Crippen molar-refractivity contribution in [1.29, 1.82) is 0 Å². The molecule has 0 fully saturated rings. The second-order valence-electron chi connectivity index (χ2n) is 4.10. The van der Waals surface area contributed by atoms with E-state index < -0.39 is 0 Å². The normalized spacial score (nSPS) is 10.5. The van der Waals surface area contributed by atoms with Gasteiger partial charge in [-0.2, -0.15) is 0 Å². The molecule has 4 nitrogen and oxygen atoms in total. The van der Waals surface area contributed by atoms with Crippen LogP contribution < -0.4 is 5.32 Å². The highest BCUT2D eigenvalue weighted by molar-refractivity contribution is 6.07. The zero-order chi connectivity index (χ0) is 12.4. The van der Waals surface area contributed by atoms with Gasteiger partial charge in [0.25, 0.3) is 0 Å². The summed E-state index contributed by atoms with van der Waals surface area (Å²) in [4.78, 5) is 22.4. The number of carbonyl (C=O) groups excluding carboxylic acids is 2. The SMILES string of the molecule is CC(=O)CC(=O)Nc1cn(C)c2ccccc12. The topological polar surface area (TPSA) is 51.1 Å². The lowest BCUT2D eigenvalue weighted by Crippen LogP contribution is -2.14. The van der Waals surface area contributed by atoms with Gasteiger partial charge in [-0.15, -0.1) is 0 Å². The highest BCUT2D eigenvalue weighted by atomic mass is 16.2. The monoisotopic (exact) mass is 230 g/mol. The third-order valence-electron chi connectivity index (χ3n) is 2.58. The maximum atomic E-state index is 11.5. The number of carbonyl (C=O) groups is 2. The predicted octanol–water partition coefficient (Wildman–Crippen LogP) is 2.10. The number of Topliss-reactive ketones (excluding diaryl/α,β-unsaturated/α-hetero) is 1. The molecule has 0 saturated heterocycles. The Labute approximate surface area is 99.2 Å². The van der Waals surface area contributed by atoms with Crippen LogP contribution in [0.15, 0.2) is 30.5 Å². The number of anilines is 1. The van der Waals surface area contributed by atoms with E-state index in [0.29, 0.717) is 0 Å². The van der Waals surface area contributed by atoms with Crippen molar-refractivity contribution in [2.45, 2.75) is 13.3 Å². The molecule has 1 aromatic carbocycles. The molecular weight excluding hydrogens is 216 g/mol. The Bertz CT molecular complexity index is 584. The van der Waals surface area contributed by atoms with Crippen molar-refractivity contribution in [3.63, 3.8) is 0 Å². The molecule has 0 aliphatic carbocycles. The van der Waals surface area contributed by atoms with E-state index in [-0.39, 0.29) is 18.1 Å². The predicted molar refractivity (Wildman–Crippen MR) is 66.8 cm³/mol.